The first-order chi connectivity index (χ1) is 7.88. The van der Waals surface area contributed by atoms with Crippen LogP contribution in [0.2, 0.25) is 0 Å². The molecule has 16 heavy (non-hydrogen) atoms. The van der Waals surface area contributed by atoms with Crippen LogP contribution in [-0.4, -0.2) is 38.1 Å². The minimum atomic E-state index is 1.05. The van der Waals surface area contributed by atoms with Gasteiger partial charge in [0.15, 0.2) is 0 Å². The Balaban J connectivity index is 2.51. The molecule has 1 aliphatic rings. The van der Waals surface area contributed by atoms with Crippen LogP contribution in [0.5, 0.6) is 0 Å². The normalized spacial score (nSPS) is 18.3. The van der Waals surface area contributed by atoms with E-state index in [1.54, 1.807) is 0 Å². The second-order valence-electron chi connectivity index (χ2n) is 3.57. The number of rotatable bonds is 5. The molecule has 0 aliphatic carbocycles. The first kappa shape index (κ1) is 12.6. The van der Waals surface area contributed by atoms with Crippen LogP contribution in [0.1, 0.15) is 0 Å². The molecule has 0 aromatic carbocycles. The van der Waals surface area contributed by atoms with Gasteiger partial charge in [0.1, 0.15) is 0 Å². The van der Waals surface area contributed by atoms with Gasteiger partial charge in [0.25, 0.3) is 0 Å². The van der Waals surface area contributed by atoms with Crippen molar-refractivity contribution < 1.29 is 0 Å². The lowest BCUT2D eigenvalue weighted by Crippen LogP contribution is -2.42. The number of hydrogen-bond acceptors (Lipinski definition) is 3. The molecule has 3 heteroatoms. The molecule has 1 rings (SSSR count). The molecule has 0 amide bonds. The summed E-state index contributed by atoms with van der Waals surface area (Å²) in [5.74, 6) is 0. The van der Waals surface area contributed by atoms with Crippen molar-refractivity contribution in [2.75, 3.05) is 33.2 Å². The largest absolute Gasteiger partial charge is 0.394 e. The van der Waals surface area contributed by atoms with Gasteiger partial charge < -0.3 is 15.5 Å². The number of nitrogens with zero attached hydrogens (tertiary/aromatic N) is 1. The van der Waals surface area contributed by atoms with E-state index < -0.39 is 0 Å². The predicted octanol–water partition coefficient (Wildman–Crippen LogP) is 1.25. The van der Waals surface area contributed by atoms with Crippen LogP contribution in [0.4, 0.5) is 0 Å². The van der Waals surface area contributed by atoms with Crippen molar-refractivity contribution in [1.82, 2.24) is 15.5 Å². The number of piperazine rings is 1. The second kappa shape index (κ2) is 7.77. The lowest BCUT2D eigenvalue weighted by atomic mass is 10.2. The Kier molecular flexibility index (Phi) is 6.11. The monoisotopic (exact) mass is 219 g/mol. The third-order valence-corrected chi connectivity index (χ3v) is 2.44. The van der Waals surface area contributed by atoms with Crippen LogP contribution in [0.3, 0.4) is 0 Å². The molecule has 0 atom stereocenters. The summed E-state index contributed by atoms with van der Waals surface area (Å²) in [7, 11) is 1.89. The number of allylic oxidation sites excluding steroid dienone is 5. The van der Waals surface area contributed by atoms with Gasteiger partial charge in [0.2, 0.25) is 0 Å². The van der Waals surface area contributed by atoms with Crippen LogP contribution in [0.15, 0.2) is 48.9 Å². The average molecular weight is 219 g/mol. The first-order valence-corrected chi connectivity index (χ1v) is 5.67. The Bertz CT molecular complexity index is 284. The third kappa shape index (κ3) is 4.36. The maximum absolute atomic E-state index is 3.86. The summed E-state index contributed by atoms with van der Waals surface area (Å²) in [5.41, 5.74) is 1.19. The molecule has 2 N–H and O–H groups in total. The zero-order valence-corrected chi connectivity index (χ0v) is 9.95. The number of nitrogens with one attached hydrogen (secondary N) is 2. The SMILES string of the molecule is C=C\C(=C/C=C\C=C/NC)N1CCNCC1. The smallest absolute Gasteiger partial charge is 0.0361 e. The highest BCUT2D eigenvalue weighted by molar-refractivity contribution is 5.23. The van der Waals surface area contributed by atoms with E-state index in [9.17, 15) is 0 Å². The van der Waals surface area contributed by atoms with Gasteiger partial charge in [-0.25, -0.2) is 0 Å². The van der Waals surface area contributed by atoms with Gasteiger partial charge in [-0.1, -0.05) is 18.7 Å². The molecule has 0 spiro atoms. The summed E-state index contributed by atoms with van der Waals surface area (Å²) in [6, 6.07) is 0. The Morgan fingerprint density at radius 1 is 1.25 bits per heavy atom. The Labute approximate surface area is 98.2 Å². The van der Waals surface area contributed by atoms with Gasteiger partial charge in [-0.15, -0.1) is 0 Å². The topological polar surface area (TPSA) is 27.3 Å². The van der Waals surface area contributed by atoms with Crippen molar-refractivity contribution in [1.29, 1.82) is 0 Å². The van der Waals surface area contributed by atoms with Crippen molar-refractivity contribution >= 4 is 0 Å². The Morgan fingerprint density at radius 3 is 2.62 bits per heavy atom. The second-order valence-corrected chi connectivity index (χ2v) is 3.57. The molecule has 0 aromatic heterocycles. The maximum Gasteiger partial charge on any atom is 0.0361 e. The minimum Gasteiger partial charge on any atom is -0.394 e. The van der Waals surface area contributed by atoms with Crippen LogP contribution < -0.4 is 10.6 Å². The number of hydrogen-bond donors (Lipinski definition) is 2. The van der Waals surface area contributed by atoms with Crippen molar-refractivity contribution in [3.05, 3.63) is 48.9 Å². The lowest BCUT2D eigenvalue weighted by molar-refractivity contribution is 0.307. The van der Waals surface area contributed by atoms with E-state index >= 15 is 0 Å². The molecular formula is C13H21N3. The van der Waals surface area contributed by atoms with Crippen molar-refractivity contribution in [2.45, 2.75) is 0 Å². The van der Waals surface area contributed by atoms with Crippen LogP contribution in [0.25, 0.3) is 0 Å². The first-order valence-electron chi connectivity index (χ1n) is 5.67. The third-order valence-electron chi connectivity index (χ3n) is 2.44. The molecule has 88 valence electrons. The van der Waals surface area contributed by atoms with Crippen LogP contribution >= 0.6 is 0 Å². The summed E-state index contributed by atoms with van der Waals surface area (Å²) in [6.07, 6.45) is 11.9. The van der Waals surface area contributed by atoms with Gasteiger partial charge >= 0.3 is 0 Å². The van der Waals surface area contributed by atoms with Crippen LogP contribution in [0, 0.1) is 0 Å². The van der Waals surface area contributed by atoms with E-state index in [0.717, 1.165) is 26.2 Å². The molecule has 1 heterocycles. The fourth-order valence-electron chi connectivity index (χ4n) is 1.60. The highest BCUT2D eigenvalue weighted by Gasteiger charge is 2.09. The zero-order chi connectivity index (χ0) is 11.6. The summed E-state index contributed by atoms with van der Waals surface area (Å²) in [6.45, 7) is 8.06. The zero-order valence-electron chi connectivity index (χ0n) is 9.95. The van der Waals surface area contributed by atoms with Crippen LogP contribution in [-0.2, 0) is 0 Å². The van der Waals surface area contributed by atoms with Gasteiger partial charge in [-0.2, -0.15) is 0 Å². The molecule has 0 aromatic rings. The standard InChI is InChI=1S/C13H21N3/c1-3-13(7-5-4-6-8-14-2)16-11-9-15-10-12-16/h3-8,14-15H,1,9-12H2,2H3/b5-4-,8-6-,13-7+. The van der Waals surface area contributed by atoms with E-state index in [2.05, 4.69) is 28.2 Å². The fourth-order valence-corrected chi connectivity index (χ4v) is 1.60. The molecule has 1 aliphatic heterocycles. The summed E-state index contributed by atoms with van der Waals surface area (Å²) in [4.78, 5) is 2.34. The summed E-state index contributed by atoms with van der Waals surface area (Å²) >= 11 is 0. The van der Waals surface area contributed by atoms with Crippen molar-refractivity contribution in [3.63, 3.8) is 0 Å². The fraction of sp³-hybridized carbons (Fsp3) is 0.385. The lowest BCUT2D eigenvalue weighted by Gasteiger charge is -2.30. The van der Waals surface area contributed by atoms with E-state index in [-0.39, 0.29) is 0 Å². The van der Waals surface area contributed by atoms with Gasteiger partial charge in [-0.3, -0.25) is 0 Å². The highest BCUT2D eigenvalue weighted by atomic mass is 15.2. The maximum atomic E-state index is 3.86. The molecule has 1 saturated heterocycles. The Morgan fingerprint density at radius 2 is 2.00 bits per heavy atom. The molecular weight excluding hydrogens is 198 g/mol. The van der Waals surface area contributed by atoms with Gasteiger partial charge in [0.05, 0.1) is 0 Å². The minimum absolute atomic E-state index is 1.05. The molecule has 0 radical (unpaired) electrons. The molecule has 0 unspecified atom stereocenters. The molecule has 0 bridgehead atoms. The van der Waals surface area contributed by atoms with E-state index in [1.807, 2.05) is 37.6 Å². The molecule has 0 saturated carbocycles. The highest BCUT2D eigenvalue weighted by Crippen LogP contribution is 2.06. The molecule has 1 fully saturated rings. The summed E-state index contributed by atoms with van der Waals surface area (Å²) in [5, 5.41) is 6.28. The van der Waals surface area contributed by atoms with Crippen molar-refractivity contribution in [2.24, 2.45) is 0 Å². The summed E-state index contributed by atoms with van der Waals surface area (Å²) < 4.78 is 0. The van der Waals surface area contributed by atoms with E-state index in [1.165, 1.54) is 5.70 Å². The quantitative estimate of drug-likeness (QED) is 0.682. The van der Waals surface area contributed by atoms with Gasteiger partial charge in [-0.05, 0) is 24.4 Å². The van der Waals surface area contributed by atoms with E-state index in [4.69, 9.17) is 0 Å². The average Bonchev–Trinajstić information content (AvgIpc) is 2.35. The van der Waals surface area contributed by atoms with Crippen molar-refractivity contribution in [3.8, 4) is 0 Å². The van der Waals surface area contributed by atoms with Gasteiger partial charge in [0, 0.05) is 38.9 Å². The van der Waals surface area contributed by atoms with E-state index in [0.29, 0.717) is 0 Å². The predicted molar refractivity (Wildman–Crippen MR) is 70.1 cm³/mol. The molecule has 3 nitrogen and oxygen atoms in total. The Hall–Kier alpha value is -1.48.